The predicted octanol–water partition coefficient (Wildman–Crippen LogP) is 3.64. The van der Waals surface area contributed by atoms with Crippen molar-refractivity contribution < 1.29 is 18.7 Å². The van der Waals surface area contributed by atoms with Crippen LogP contribution in [-0.2, 0) is 11.3 Å². The topological polar surface area (TPSA) is 50.8 Å². The van der Waals surface area contributed by atoms with Crippen LogP contribution in [0.1, 0.15) is 36.9 Å². The molecular formula is C22H25FN2O3. The van der Waals surface area contributed by atoms with Crippen LogP contribution in [0.5, 0.6) is 11.5 Å². The average Bonchev–Trinajstić information content (AvgIpc) is 3.17. The number of piperidine rings is 1. The van der Waals surface area contributed by atoms with E-state index in [0.29, 0.717) is 0 Å². The van der Waals surface area contributed by atoms with Crippen molar-refractivity contribution in [3.63, 3.8) is 0 Å². The molecule has 0 spiro atoms. The number of fused-ring (bicyclic) bond motifs is 1. The van der Waals surface area contributed by atoms with E-state index in [1.54, 1.807) is 12.1 Å². The van der Waals surface area contributed by atoms with E-state index < -0.39 is 0 Å². The minimum absolute atomic E-state index is 0.0240. The van der Waals surface area contributed by atoms with E-state index in [4.69, 9.17) is 9.47 Å². The van der Waals surface area contributed by atoms with Gasteiger partial charge in [-0.05, 0) is 68.2 Å². The molecule has 5 nitrogen and oxygen atoms in total. The summed E-state index contributed by atoms with van der Waals surface area (Å²) in [4.78, 5) is 15.0. The van der Waals surface area contributed by atoms with Crippen LogP contribution in [0.15, 0.2) is 42.5 Å². The van der Waals surface area contributed by atoms with Crippen molar-refractivity contribution >= 4 is 5.91 Å². The Balaban J connectivity index is 1.26. The standard InChI is InChI=1S/C22H25FN2O3/c1-15(17-3-5-19(23)6-4-17)24-22(26)18-8-10-25(11-9-18)13-16-2-7-20-21(12-16)28-14-27-20/h2-7,12,15,18H,8-11,13-14H2,1H3,(H,24,26). The van der Waals surface area contributed by atoms with Crippen molar-refractivity contribution in [3.05, 3.63) is 59.4 Å². The van der Waals surface area contributed by atoms with E-state index in [1.165, 1.54) is 17.7 Å². The molecule has 28 heavy (non-hydrogen) atoms. The van der Waals surface area contributed by atoms with Crippen LogP contribution in [0.25, 0.3) is 0 Å². The van der Waals surface area contributed by atoms with E-state index in [1.807, 2.05) is 19.1 Å². The molecule has 148 valence electrons. The minimum atomic E-state index is -0.267. The highest BCUT2D eigenvalue weighted by molar-refractivity contribution is 5.79. The van der Waals surface area contributed by atoms with Crippen LogP contribution in [0.2, 0.25) is 0 Å². The van der Waals surface area contributed by atoms with Gasteiger partial charge in [-0.15, -0.1) is 0 Å². The van der Waals surface area contributed by atoms with Gasteiger partial charge in [-0.2, -0.15) is 0 Å². The molecule has 2 aromatic carbocycles. The third-order valence-electron chi connectivity index (χ3n) is 5.53. The average molecular weight is 384 g/mol. The minimum Gasteiger partial charge on any atom is -0.454 e. The summed E-state index contributed by atoms with van der Waals surface area (Å²) in [5.74, 6) is 1.45. The number of likely N-dealkylation sites (tertiary alicyclic amines) is 1. The zero-order valence-corrected chi connectivity index (χ0v) is 16.0. The predicted molar refractivity (Wildman–Crippen MR) is 104 cm³/mol. The Bertz CT molecular complexity index is 832. The fourth-order valence-corrected chi connectivity index (χ4v) is 3.82. The van der Waals surface area contributed by atoms with Crippen molar-refractivity contribution in [1.29, 1.82) is 0 Å². The maximum Gasteiger partial charge on any atom is 0.231 e. The van der Waals surface area contributed by atoms with Gasteiger partial charge in [-0.25, -0.2) is 4.39 Å². The molecule has 4 rings (SSSR count). The summed E-state index contributed by atoms with van der Waals surface area (Å²) in [5.41, 5.74) is 2.10. The van der Waals surface area contributed by atoms with Crippen molar-refractivity contribution in [2.24, 2.45) is 5.92 Å². The molecule has 0 bridgehead atoms. The third kappa shape index (κ3) is 4.28. The summed E-state index contributed by atoms with van der Waals surface area (Å²) in [6, 6.07) is 12.2. The Kier molecular flexibility index (Phi) is 5.48. The van der Waals surface area contributed by atoms with Gasteiger partial charge in [-0.3, -0.25) is 9.69 Å². The van der Waals surface area contributed by atoms with Crippen LogP contribution >= 0.6 is 0 Å². The number of halogens is 1. The fourth-order valence-electron chi connectivity index (χ4n) is 3.82. The molecule has 2 aromatic rings. The molecule has 2 aliphatic heterocycles. The highest BCUT2D eigenvalue weighted by Gasteiger charge is 2.26. The van der Waals surface area contributed by atoms with Gasteiger partial charge in [0.05, 0.1) is 6.04 Å². The lowest BCUT2D eigenvalue weighted by Crippen LogP contribution is -2.40. The van der Waals surface area contributed by atoms with Crippen molar-refractivity contribution in [3.8, 4) is 11.5 Å². The summed E-state index contributed by atoms with van der Waals surface area (Å²) in [6.07, 6.45) is 1.68. The Hall–Kier alpha value is -2.60. The summed E-state index contributed by atoms with van der Waals surface area (Å²) in [6.45, 7) is 4.83. The molecule has 6 heteroatoms. The van der Waals surface area contributed by atoms with Gasteiger partial charge in [0.1, 0.15) is 5.82 Å². The van der Waals surface area contributed by atoms with Gasteiger partial charge < -0.3 is 14.8 Å². The molecule has 2 aliphatic rings. The van der Waals surface area contributed by atoms with Crippen LogP contribution in [0, 0.1) is 11.7 Å². The second-order valence-corrected chi connectivity index (χ2v) is 7.52. The van der Waals surface area contributed by atoms with Crippen molar-refractivity contribution in [2.75, 3.05) is 19.9 Å². The first kappa shape index (κ1) is 18.7. The summed E-state index contributed by atoms with van der Waals surface area (Å²) in [5, 5.41) is 3.07. The van der Waals surface area contributed by atoms with Gasteiger partial charge in [0.25, 0.3) is 0 Å². The van der Waals surface area contributed by atoms with Gasteiger partial charge in [0.2, 0.25) is 12.7 Å². The smallest absolute Gasteiger partial charge is 0.231 e. The molecule has 2 heterocycles. The zero-order valence-electron chi connectivity index (χ0n) is 16.0. The highest BCUT2D eigenvalue weighted by atomic mass is 19.1. The fraction of sp³-hybridized carbons (Fsp3) is 0.409. The zero-order chi connectivity index (χ0) is 19.5. The molecule has 1 amide bonds. The first-order valence-corrected chi connectivity index (χ1v) is 9.75. The first-order valence-electron chi connectivity index (χ1n) is 9.75. The van der Waals surface area contributed by atoms with E-state index in [-0.39, 0.29) is 30.5 Å². The molecule has 1 fully saturated rings. The van der Waals surface area contributed by atoms with E-state index in [0.717, 1.165) is 49.5 Å². The van der Waals surface area contributed by atoms with Crippen LogP contribution < -0.4 is 14.8 Å². The molecule has 1 atom stereocenters. The third-order valence-corrected chi connectivity index (χ3v) is 5.53. The van der Waals surface area contributed by atoms with Gasteiger partial charge in [-0.1, -0.05) is 18.2 Å². The van der Waals surface area contributed by atoms with Crippen molar-refractivity contribution in [2.45, 2.75) is 32.4 Å². The van der Waals surface area contributed by atoms with Crippen LogP contribution in [0.4, 0.5) is 4.39 Å². The van der Waals surface area contributed by atoms with Crippen LogP contribution in [-0.4, -0.2) is 30.7 Å². The molecule has 1 saturated heterocycles. The Morgan fingerprint density at radius 1 is 1.14 bits per heavy atom. The number of carbonyl (C=O) groups excluding carboxylic acids is 1. The summed E-state index contributed by atoms with van der Waals surface area (Å²) < 4.78 is 23.9. The largest absolute Gasteiger partial charge is 0.454 e. The quantitative estimate of drug-likeness (QED) is 0.855. The molecular weight excluding hydrogens is 359 g/mol. The number of benzene rings is 2. The molecule has 1 N–H and O–H groups in total. The lowest BCUT2D eigenvalue weighted by molar-refractivity contribution is -0.127. The Morgan fingerprint density at radius 3 is 2.61 bits per heavy atom. The van der Waals surface area contributed by atoms with Crippen LogP contribution in [0.3, 0.4) is 0 Å². The number of hydrogen-bond donors (Lipinski definition) is 1. The Morgan fingerprint density at radius 2 is 1.86 bits per heavy atom. The molecule has 0 aromatic heterocycles. The van der Waals surface area contributed by atoms with Gasteiger partial charge in [0, 0.05) is 12.5 Å². The highest BCUT2D eigenvalue weighted by Crippen LogP contribution is 2.33. The lowest BCUT2D eigenvalue weighted by Gasteiger charge is -2.32. The molecule has 0 aliphatic carbocycles. The monoisotopic (exact) mass is 384 g/mol. The normalized spacial score (nSPS) is 18.1. The number of ether oxygens (including phenoxy) is 2. The number of nitrogens with one attached hydrogen (secondary N) is 1. The summed E-state index contributed by atoms with van der Waals surface area (Å²) >= 11 is 0. The van der Waals surface area contributed by atoms with E-state index >= 15 is 0 Å². The number of amides is 1. The molecule has 0 radical (unpaired) electrons. The first-order chi connectivity index (χ1) is 13.6. The number of nitrogens with zero attached hydrogens (tertiary/aromatic N) is 1. The lowest BCUT2D eigenvalue weighted by atomic mass is 9.95. The Labute approximate surface area is 164 Å². The SMILES string of the molecule is CC(NC(=O)C1CCN(Cc2ccc3c(c2)OCO3)CC1)c1ccc(F)cc1. The number of carbonyl (C=O) groups is 1. The maximum atomic E-state index is 13.1. The van der Waals surface area contributed by atoms with E-state index in [9.17, 15) is 9.18 Å². The molecule has 0 saturated carbocycles. The summed E-state index contributed by atoms with van der Waals surface area (Å²) in [7, 11) is 0. The van der Waals surface area contributed by atoms with Gasteiger partial charge in [0.15, 0.2) is 11.5 Å². The van der Waals surface area contributed by atoms with Crippen molar-refractivity contribution in [1.82, 2.24) is 10.2 Å². The second-order valence-electron chi connectivity index (χ2n) is 7.52. The molecule has 1 unspecified atom stereocenters. The second kappa shape index (κ2) is 8.19. The van der Waals surface area contributed by atoms with Gasteiger partial charge >= 0.3 is 0 Å². The van der Waals surface area contributed by atoms with E-state index in [2.05, 4.69) is 16.3 Å². The maximum absolute atomic E-state index is 13.1. The number of rotatable bonds is 5. The number of hydrogen-bond acceptors (Lipinski definition) is 4.